The van der Waals surface area contributed by atoms with Gasteiger partial charge in [-0.25, -0.2) is 0 Å². The molecule has 5 rings (SSSR count). The lowest BCUT2D eigenvalue weighted by Gasteiger charge is -2.44. The number of likely N-dealkylation sites (N-methyl/N-ethyl adjacent to an activating group) is 4. The number of hydrogen-bond acceptors (Lipinski definition) is 17. The molecule has 25 heteroatoms. The lowest BCUT2D eigenvalue weighted by Crippen LogP contribution is -3.00. The zero-order valence-corrected chi connectivity index (χ0v) is 46.4. The quantitative estimate of drug-likeness (QED) is 0.0431. The number of hydrogen-bond donors (Lipinski definition) is 7. The Hall–Kier alpha value is -0.920. The molecule has 0 saturated carbocycles. The Bertz CT molecular complexity index is 1490. The summed E-state index contributed by atoms with van der Waals surface area (Å²) >= 11 is 5.43. The van der Waals surface area contributed by atoms with Crippen molar-refractivity contribution in [2.75, 3.05) is 155 Å². The van der Waals surface area contributed by atoms with Crippen LogP contribution in [0.25, 0.3) is 0 Å². The molecule has 7 N–H and O–H groups in total. The summed E-state index contributed by atoms with van der Waals surface area (Å²) in [6, 6.07) is -1.86. The smallest absolute Gasteiger partial charge is 0.275 e. The third kappa shape index (κ3) is 19.4. The van der Waals surface area contributed by atoms with E-state index in [0.717, 1.165) is 52.4 Å². The minimum Gasteiger partial charge on any atom is -1.00 e. The lowest BCUT2D eigenvalue weighted by atomic mass is 9.89. The molecule has 5 aliphatic rings. The van der Waals surface area contributed by atoms with E-state index in [2.05, 4.69) is 53.9 Å². The molecule has 0 radical (unpaired) electrons. The molecule has 0 spiro atoms. The first kappa shape index (κ1) is 66.1. The third-order valence-electron chi connectivity index (χ3n) is 14.1. The molecular weight excluding hydrogens is 1060 g/mol. The number of ether oxygens (including phenoxy) is 8. The van der Waals surface area contributed by atoms with Crippen LogP contribution in [-0.2, 0) is 52.3 Å². The molecule has 15 atom stereocenters. The number of methoxy groups -OCH3 is 5. The summed E-state index contributed by atoms with van der Waals surface area (Å²) < 4.78 is 44.5. The van der Waals surface area contributed by atoms with Gasteiger partial charge in [0, 0.05) is 79.5 Å². The van der Waals surface area contributed by atoms with E-state index in [1.54, 1.807) is 21.1 Å². The summed E-state index contributed by atoms with van der Waals surface area (Å²) in [4.78, 5) is 41.0. The van der Waals surface area contributed by atoms with Crippen LogP contribution in [0.5, 0.6) is 0 Å². The van der Waals surface area contributed by atoms with Gasteiger partial charge in [-0.05, 0) is 14.1 Å². The maximum atomic E-state index is 12.6. The highest BCUT2D eigenvalue weighted by Gasteiger charge is 2.47. The summed E-state index contributed by atoms with van der Waals surface area (Å²) in [5.74, 6) is -1.38. The fourth-order valence-corrected chi connectivity index (χ4v) is 9.12. The van der Waals surface area contributed by atoms with Crippen molar-refractivity contribution in [3.63, 3.8) is 0 Å². The summed E-state index contributed by atoms with van der Waals surface area (Å²) in [6.07, 6.45) is -5.58. The van der Waals surface area contributed by atoms with Crippen LogP contribution in [0.3, 0.4) is 0 Å². The molecule has 408 valence electrons. The summed E-state index contributed by atoms with van der Waals surface area (Å²) in [5, 5.41) is 49.1. The topological polar surface area (TPSA) is 249 Å². The number of carbonyl (C=O) groups is 3. The maximum absolute atomic E-state index is 12.6. The number of alkyl halides is 1. The predicted molar refractivity (Wildman–Crippen MR) is 246 cm³/mol. The van der Waals surface area contributed by atoms with E-state index < -0.39 is 61.4 Å². The van der Waals surface area contributed by atoms with E-state index in [9.17, 15) is 34.8 Å². The molecule has 69 heavy (non-hydrogen) atoms. The van der Waals surface area contributed by atoms with Crippen LogP contribution in [0.1, 0.15) is 20.8 Å². The number of nitrogens with one attached hydrogen (secondary N) is 3. The summed E-state index contributed by atoms with van der Waals surface area (Å²) in [5.41, 5.74) is 0. The largest absolute Gasteiger partial charge is 1.00 e. The third-order valence-corrected chi connectivity index (χ3v) is 14.3. The molecule has 3 amide bonds. The monoisotopic (exact) mass is 1150 g/mol. The molecule has 0 aromatic rings. The Labute approximate surface area is 438 Å². The first-order valence-electron chi connectivity index (χ1n) is 23.3. The van der Waals surface area contributed by atoms with Crippen molar-refractivity contribution in [3.8, 4) is 0 Å². The average Bonchev–Trinajstić information content (AvgIpc) is 3.30. The van der Waals surface area contributed by atoms with E-state index in [4.69, 9.17) is 49.5 Å². The van der Waals surface area contributed by atoms with Crippen LogP contribution in [-0.4, -0.2) is 285 Å². The van der Waals surface area contributed by atoms with Crippen molar-refractivity contribution in [1.82, 2.24) is 25.8 Å². The second kappa shape index (κ2) is 31.7. The highest BCUT2D eigenvalue weighted by atomic mass is 127. The van der Waals surface area contributed by atoms with Gasteiger partial charge in [0.05, 0.1) is 96.7 Å². The van der Waals surface area contributed by atoms with Crippen molar-refractivity contribution < 1.29 is 118 Å². The highest BCUT2D eigenvalue weighted by Crippen LogP contribution is 2.29. The summed E-state index contributed by atoms with van der Waals surface area (Å²) in [6.45, 7) is 14.4. The summed E-state index contributed by atoms with van der Waals surface area (Å²) in [7, 11) is 16.0. The average molecular weight is 1150 g/mol. The fraction of sp³-hybridized carbons (Fsp3) is 0.932. The van der Waals surface area contributed by atoms with Gasteiger partial charge >= 0.3 is 0 Å². The molecule has 15 unspecified atom stereocenters. The van der Waals surface area contributed by atoms with E-state index in [1.807, 2.05) is 13.8 Å². The molecule has 5 heterocycles. The first-order valence-corrected chi connectivity index (χ1v) is 23.8. The number of rotatable bonds is 16. The maximum Gasteiger partial charge on any atom is 0.275 e. The number of aliphatic hydroxyl groups excluding tert-OH is 4. The zero-order valence-electron chi connectivity index (χ0n) is 42.8. The van der Waals surface area contributed by atoms with Crippen molar-refractivity contribution in [3.05, 3.63) is 0 Å². The molecule has 5 saturated heterocycles. The van der Waals surface area contributed by atoms with Crippen molar-refractivity contribution in [2.45, 2.75) is 94.4 Å². The molecule has 0 aromatic carbocycles. The molecule has 5 aliphatic heterocycles. The minimum atomic E-state index is -0.831. The molecule has 0 aliphatic carbocycles. The molecule has 0 aromatic heterocycles. The number of halogens is 3. The number of quaternary nitrogens is 2. The van der Waals surface area contributed by atoms with Crippen LogP contribution in [0.2, 0.25) is 0 Å². The number of piperazine rings is 2. The van der Waals surface area contributed by atoms with E-state index in [-0.39, 0.29) is 96.6 Å². The normalized spacial score (nSPS) is 35.5. The van der Waals surface area contributed by atoms with Crippen LogP contribution in [0, 0.1) is 17.8 Å². The number of carbonyl (C=O) groups excluding carboxylic acids is 3. The van der Waals surface area contributed by atoms with Crippen LogP contribution >= 0.6 is 11.6 Å². The van der Waals surface area contributed by atoms with Gasteiger partial charge in [0.1, 0.15) is 24.0 Å². The second-order valence-electron chi connectivity index (χ2n) is 19.4. The Balaban J connectivity index is 0.000000517. The van der Waals surface area contributed by atoms with E-state index in [0.29, 0.717) is 35.3 Å². The van der Waals surface area contributed by atoms with E-state index >= 15 is 0 Å². The molecule has 0 bridgehead atoms. The van der Waals surface area contributed by atoms with Gasteiger partial charge < -0.3 is 120 Å². The lowest BCUT2D eigenvalue weighted by molar-refractivity contribution is -0.906. The Morgan fingerprint density at radius 3 is 1.16 bits per heavy atom. The fourth-order valence-electron chi connectivity index (χ4n) is 9.05. The van der Waals surface area contributed by atoms with Crippen molar-refractivity contribution in [1.29, 1.82) is 0 Å². The van der Waals surface area contributed by atoms with Gasteiger partial charge in [0.2, 0.25) is 5.91 Å². The van der Waals surface area contributed by atoms with Gasteiger partial charge in [-0.1, -0.05) is 20.8 Å². The highest BCUT2D eigenvalue weighted by molar-refractivity contribution is 6.27. The van der Waals surface area contributed by atoms with Crippen molar-refractivity contribution >= 4 is 29.3 Å². The van der Waals surface area contributed by atoms with Crippen LogP contribution < -0.4 is 52.3 Å². The molecule has 5 fully saturated rings. The van der Waals surface area contributed by atoms with Gasteiger partial charge in [0.15, 0.2) is 32.0 Å². The predicted octanol–water partition coefficient (Wildman–Crippen LogP) is -9.17. The Morgan fingerprint density at radius 2 is 0.884 bits per heavy atom. The van der Waals surface area contributed by atoms with E-state index in [1.165, 1.54) is 21.3 Å². The van der Waals surface area contributed by atoms with Gasteiger partial charge in [-0.3, -0.25) is 24.2 Å². The van der Waals surface area contributed by atoms with Gasteiger partial charge in [-0.15, -0.1) is 11.6 Å². The number of aliphatic hydroxyl groups is 4. The second-order valence-corrected chi connectivity index (χ2v) is 19.7. The van der Waals surface area contributed by atoms with Crippen LogP contribution in [0.4, 0.5) is 0 Å². The Morgan fingerprint density at radius 1 is 0.594 bits per heavy atom. The first-order chi connectivity index (χ1) is 31.6. The number of nitrogens with zero attached hydrogens (tertiary/aromatic N) is 4. The zero-order chi connectivity index (χ0) is 50.2. The van der Waals surface area contributed by atoms with Gasteiger partial charge in [-0.2, -0.15) is 0 Å². The minimum absolute atomic E-state index is 0. The molecular formula is C44H86Cl2IN7O15. The van der Waals surface area contributed by atoms with Crippen molar-refractivity contribution in [2.24, 2.45) is 17.8 Å². The molecule has 22 nitrogen and oxygen atoms in total. The van der Waals surface area contributed by atoms with Gasteiger partial charge in [0.25, 0.3) is 11.8 Å². The SMILES string of the molecule is COC1OC(CO)C(C)C(O)C1NC(=O)C[N+]1(C)CCN(C)CC1.COCC1OC(OC)C(NC(=O)CCl)C(O)C1C.COCC1OC(OC)C(NC(=O)C[N+]2(C)CCN(C)CC2)C(O)C1C.[Cl-].[I-]. The number of amides is 3. The Kier molecular flexibility index (Phi) is 30.4. The standard InChI is InChI=1S/C17H33N3O5.C16H31N3O5.C11H20ClNO5.ClH.HI/c1-12-13(11-23-4)25-17(24-5)15(16(12)22)18-14(21)10-20(3)8-6-19(2)7-9-20;1-11-12(10-20)24-16(23-4)14(15(11)22)17-13(21)9-19(3)7-5-18(2)6-8-19;1-6-7(5-16-2)18-11(17-3)9(10(6)15)13-8(14)4-12;;/h12-13,15-17,22H,6-11H2,1-5H3;11-12,14-16,20,22H,5-10H2,1-4H3;6-7,9-11,15H,4-5H2,1-3H3,(H,13,14);2*1H. The van der Waals surface area contributed by atoms with Crippen LogP contribution in [0.15, 0.2) is 0 Å².